The van der Waals surface area contributed by atoms with E-state index in [9.17, 15) is 0 Å². The zero-order valence-electron chi connectivity index (χ0n) is 27.3. The number of hydrogen-bond donors (Lipinski definition) is 0. The summed E-state index contributed by atoms with van der Waals surface area (Å²) < 4.78 is 2.18. The lowest BCUT2D eigenvalue weighted by atomic mass is 10.0. The third-order valence-electron chi connectivity index (χ3n) is 9.18. The summed E-state index contributed by atoms with van der Waals surface area (Å²) in [6.45, 7) is 7.69. The Hall–Kier alpha value is -7.23. The lowest BCUT2D eigenvalue weighted by Crippen LogP contribution is -2.00. The smallest absolute Gasteiger partial charge is 0.188 e. The molecule has 6 aromatic carbocycles. The van der Waals surface area contributed by atoms with Crippen LogP contribution in [-0.2, 0) is 0 Å². The Labute approximate surface area is 294 Å². The molecule has 0 atom stereocenters. The van der Waals surface area contributed by atoms with Crippen molar-refractivity contribution in [3.05, 3.63) is 182 Å². The first-order valence-electron chi connectivity index (χ1n) is 16.7. The van der Waals surface area contributed by atoms with Crippen molar-refractivity contribution in [3.8, 4) is 62.1 Å². The van der Waals surface area contributed by atoms with Crippen molar-refractivity contribution >= 4 is 27.5 Å². The molecule has 6 heteroatoms. The number of aromatic nitrogens is 5. The van der Waals surface area contributed by atoms with Gasteiger partial charge in [-0.15, -0.1) is 0 Å². The molecule has 238 valence electrons. The first kappa shape index (κ1) is 29.9. The molecule has 0 saturated heterocycles. The fourth-order valence-electron chi connectivity index (χ4n) is 6.63. The Morgan fingerprint density at radius 2 is 0.902 bits per heavy atom. The van der Waals surface area contributed by atoms with Gasteiger partial charge in [0, 0.05) is 28.3 Å². The van der Waals surface area contributed by atoms with Gasteiger partial charge in [-0.25, -0.2) is 19.8 Å². The Morgan fingerprint density at radius 3 is 1.43 bits per heavy atom. The molecule has 0 N–H and O–H groups in total. The van der Waals surface area contributed by atoms with E-state index in [0.29, 0.717) is 23.2 Å². The SMILES string of the molecule is [C-]#[N+]c1ccc2c(c1)c1cc(-c3nc(-c4ccc(-c5ccccc5)cc4)nc(-c4ccc(-c5ccccc5)cc4)n3)ccc1n2-c1cccnc1. The van der Waals surface area contributed by atoms with Gasteiger partial charge in [0.1, 0.15) is 0 Å². The Kier molecular flexibility index (Phi) is 7.42. The van der Waals surface area contributed by atoms with Crippen molar-refractivity contribution in [2.24, 2.45) is 0 Å². The molecule has 9 rings (SSSR count). The van der Waals surface area contributed by atoms with Crippen LogP contribution in [0.1, 0.15) is 0 Å². The first-order chi connectivity index (χ1) is 25.2. The van der Waals surface area contributed by atoms with E-state index in [2.05, 4.69) is 105 Å². The molecule has 9 aromatic rings. The Bertz CT molecular complexity index is 2610. The number of fused-ring (bicyclic) bond motifs is 3. The van der Waals surface area contributed by atoms with Crippen molar-refractivity contribution in [2.75, 3.05) is 0 Å². The van der Waals surface area contributed by atoms with Crippen LogP contribution in [0.15, 0.2) is 170 Å². The maximum atomic E-state index is 7.69. The molecule has 0 aliphatic heterocycles. The third-order valence-corrected chi connectivity index (χ3v) is 9.18. The van der Waals surface area contributed by atoms with E-state index in [-0.39, 0.29) is 0 Å². The quantitative estimate of drug-likeness (QED) is 0.168. The van der Waals surface area contributed by atoms with Crippen LogP contribution >= 0.6 is 0 Å². The van der Waals surface area contributed by atoms with Gasteiger partial charge in [0.05, 0.1) is 29.5 Å². The number of pyridine rings is 1. The summed E-state index contributed by atoms with van der Waals surface area (Å²) in [5.41, 5.74) is 10.7. The van der Waals surface area contributed by atoms with Crippen LogP contribution < -0.4 is 0 Å². The van der Waals surface area contributed by atoms with E-state index < -0.39 is 0 Å². The van der Waals surface area contributed by atoms with Gasteiger partial charge in [0.2, 0.25) is 0 Å². The minimum absolute atomic E-state index is 0.569. The van der Waals surface area contributed by atoms with Crippen molar-refractivity contribution in [3.63, 3.8) is 0 Å². The van der Waals surface area contributed by atoms with Crippen molar-refractivity contribution in [2.45, 2.75) is 0 Å². The zero-order chi connectivity index (χ0) is 34.1. The van der Waals surface area contributed by atoms with E-state index in [1.54, 1.807) is 6.20 Å². The summed E-state index contributed by atoms with van der Waals surface area (Å²) in [5.74, 6) is 1.75. The molecule has 6 nitrogen and oxygen atoms in total. The van der Waals surface area contributed by atoms with Crippen molar-refractivity contribution in [1.82, 2.24) is 24.5 Å². The summed E-state index contributed by atoms with van der Waals surface area (Å²) in [7, 11) is 0. The van der Waals surface area contributed by atoms with Crippen LogP contribution in [0.25, 0.3) is 88.8 Å². The number of hydrogen-bond acceptors (Lipinski definition) is 4. The molecule has 0 bridgehead atoms. The number of benzene rings is 6. The van der Waals surface area contributed by atoms with Crippen LogP contribution in [-0.4, -0.2) is 24.5 Å². The normalized spacial score (nSPS) is 11.1. The molecule has 0 unspecified atom stereocenters. The van der Waals surface area contributed by atoms with Gasteiger partial charge in [-0.1, -0.05) is 115 Å². The van der Waals surface area contributed by atoms with Crippen LogP contribution in [0.2, 0.25) is 0 Å². The lowest BCUT2D eigenvalue weighted by Gasteiger charge is -2.10. The highest BCUT2D eigenvalue weighted by atomic mass is 15.0. The summed E-state index contributed by atoms with van der Waals surface area (Å²) >= 11 is 0. The van der Waals surface area contributed by atoms with Gasteiger partial charge in [0.15, 0.2) is 23.2 Å². The minimum Gasteiger partial charge on any atom is -0.308 e. The molecule has 3 heterocycles. The molecule has 0 aliphatic rings. The number of rotatable bonds is 6. The summed E-state index contributed by atoms with van der Waals surface area (Å²) in [5, 5.41) is 1.98. The molecule has 0 amide bonds. The average Bonchev–Trinajstić information content (AvgIpc) is 3.54. The van der Waals surface area contributed by atoms with E-state index in [1.807, 2.05) is 72.9 Å². The summed E-state index contributed by atoms with van der Waals surface area (Å²) in [4.78, 5) is 23.3. The van der Waals surface area contributed by atoms with Gasteiger partial charge in [0.25, 0.3) is 0 Å². The maximum Gasteiger partial charge on any atom is 0.188 e. The van der Waals surface area contributed by atoms with Crippen molar-refractivity contribution in [1.29, 1.82) is 0 Å². The van der Waals surface area contributed by atoms with E-state index >= 15 is 0 Å². The highest BCUT2D eigenvalue weighted by Gasteiger charge is 2.17. The van der Waals surface area contributed by atoms with Gasteiger partial charge < -0.3 is 4.57 Å². The van der Waals surface area contributed by atoms with Gasteiger partial charge in [-0.3, -0.25) is 4.98 Å². The fraction of sp³-hybridized carbons (Fsp3) is 0. The predicted octanol–water partition coefficient (Wildman–Crippen LogP) is 11.2. The molecule has 51 heavy (non-hydrogen) atoms. The second kappa shape index (κ2) is 12.7. The first-order valence-corrected chi connectivity index (χ1v) is 16.7. The lowest BCUT2D eigenvalue weighted by molar-refractivity contribution is 1.07. The predicted molar refractivity (Wildman–Crippen MR) is 205 cm³/mol. The molecule has 0 spiro atoms. The fourth-order valence-corrected chi connectivity index (χ4v) is 6.63. The van der Waals surface area contributed by atoms with E-state index in [4.69, 9.17) is 21.5 Å². The second-order valence-corrected chi connectivity index (χ2v) is 12.3. The molecular formula is C45H28N6. The monoisotopic (exact) mass is 652 g/mol. The van der Waals surface area contributed by atoms with Crippen LogP contribution in [0.5, 0.6) is 0 Å². The minimum atomic E-state index is 0.569. The highest BCUT2D eigenvalue weighted by Crippen LogP contribution is 2.37. The standard InChI is InChI=1S/C45H28N6/c1-46-37-23-25-42-40(28-37)39-27-36(22-24-41(39)51(42)38-13-8-26-47-29-38)45-49-43(34-18-14-32(15-19-34)30-9-4-2-5-10-30)48-44(50-45)35-20-16-33(17-21-35)31-11-6-3-7-12-31/h2-29H. The Balaban J connectivity index is 1.21. The van der Waals surface area contributed by atoms with E-state index in [0.717, 1.165) is 66.4 Å². The molecule has 0 aliphatic carbocycles. The average molecular weight is 653 g/mol. The topological polar surface area (TPSA) is 60.9 Å². The largest absolute Gasteiger partial charge is 0.308 e. The highest BCUT2D eigenvalue weighted by molar-refractivity contribution is 6.11. The summed E-state index contributed by atoms with van der Waals surface area (Å²) in [6.07, 6.45) is 3.62. The van der Waals surface area contributed by atoms with E-state index in [1.165, 1.54) is 0 Å². The van der Waals surface area contributed by atoms with Crippen LogP contribution in [0.3, 0.4) is 0 Å². The third kappa shape index (κ3) is 5.59. The molecule has 0 fully saturated rings. The van der Waals surface area contributed by atoms with Crippen LogP contribution in [0, 0.1) is 6.57 Å². The molecule has 0 saturated carbocycles. The van der Waals surface area contributed by atoms with Gasteiger partial charge in [-0.05, 0) is 70.1 Å². The van der Waals surface area contributed by atoms with Gasteiger partial charge in [-0.2, -0.15) is 0 Å². The molecule has 3 aromatic heterocycles. The zero-order valence-corrected chi connectivity index (χ0v) is 27.3. The van der Waals surface area contributed by atoms with Gasteiger partial charge >= 0.3 is 0 Å². The molecular weight excluding hydrogens is 625 g/mol. The Morgan fingerprint density at radius 1 is 0.431 bits per heavy atom. The molecule has 0 radical (unpaired) electrons. The number of nitrogens with zero attached hydrogens (tertiary/aromatic N) is 6. The maximum absolute atomic E-state index is 7.69. The van der Waals surface area contributed by atoms with Crippen LogP contribution in [0.4, 0.5) is 5.69 Å². The van der Waals surface area contributed by atoms with Crippen molar-refractivity contribution < 1.29 is 0 Å². The summed E-state index contributed by atoms with van der Waals surface area (Å²) in [6, 6.07) is 53.4. The second-order valence-electron chi connectivity index (χ2n) is 12.3.